The minimum atomic E-state index is -2.33. The summed E-state index contributed by atoms with van der Waals surface area (Å²) in [6.45, 7) is 3.77. The molecule has 0 atom stereocenters. The average molecular weight is 387 g/mol. The zero-order valence-electron chi connectivity index (χ0n) is 18.0. The third kappa shape index (κ3) is 14.9. The van der Waals surface area contributed by atoms with E-state index in [1.807, 2.05) is 6.08 Å². The lowest BCUT2D eigenvalue weighted by Crippen LogP contribution is -2.42. The molecular weight excluding hydrogens is 340 g/mol. The van der Waals surface area contributed by atoms with Gasteiger partial charge in [-0.05, 0) is 19.3 Å². The van der Waals surface area contributed by atoms with Gasteiger partial charge in [-0.15, -0.1) is 6.58 Å². The van der Waals surface area contributed by atoms with E-state index in [0.717, 1.165) is 12.5 Å². The van der Waals surface area contributed by atoms with Crippen LogP contribution in [0.25, 0.3) is 0 Å². The third-order valence-corrected chi connectivity index (χ3v) is 8.16. The number of hydrogen-bond donors (Lipinski definition) is 0. The highest BCUT2D eigenvalue weighted by Gasteiger charge is 2.36. The van der Waals surface area contributed by atoms with Crippen LogP contribution in [0.5, 0.6) is 0 Å². The largest absolute Gasteiger partial charge is 0.500 e. The Hall–Kier alpha value is -0.163. The molecule has 4 heteroatoms. The molecule has 0 saturated heterocycles. The first-order valence-corrected chi connectivity index (χ1v) is 12.9. The van der Waals surface area contributed by atoms with Crippen LogP contribution in [0.1, 0.15) is 103 Å². The molecule has 0 aliphatic carbocycles. The molecule has 0 radical (unpaired) electrons. The molecule has 0 N–H and O–H groups in total. The van der Waals surface area contributed by atoms with Gasteiger partial charge in [0.2, 0.25) is 0 Å². The Morgan fingerprint density at radius 1 is 0.538 bits per heavy atom. The highest BCUT2D eigenvalue weighted by Crippen LogP contribution is 2.19. The smallest absolute Gasteiger partial charge is 0.377 e. The van der Waals surface area contributed by atoms with Crippen molar-refractivity contribution in [1.29, 1.82) is 0 Å². The molecule has 0 saturated carbocycles. The standard InChI is InChI=1S/C22H46O3Si/c1-5-6-7-8-9-10-11-12-13-14-15-16-17-18-19-20-21-22-26(23-2,24-3)25-4/h5H,1,6-22H2,2-4H3. The molecule has 0 aromatic heterocycles. The van der Waals surface area contributed by atoms with Crippen LogP contribution in [-0.2, 0) is 13.3 Å². The fraction of sp³-hybridized carbons (Fsp3) is 0.909. The van der Waals surface area contributed by atoms with Gasteiger partial charge in [-0.2, -0.15) is 0 Å². The van der Waals surface area contributed by atoms with Gasteiger partial charge in [0.05, 0.1) is 0 Å². The maximum absolute atomic E-state index is 5.46. The lowest BCUT2D eigenvalue weighted by molar-refractivity contribution is 0.122. The van der Waals surface area contributed by atoms with Crippen molar-refractivity contribution in [3.05, 3.63) is 12.7 Å². The predicted molar refractivity (Wildman–Crippen MR) is 116 cm³/mol. The molecule has 26 heavy (non-hydrogen) atoms. The molecule has 0 aliphatic heterocycles. The van der Waals surface area contributed by atoms with E-state index in [0.29, 0.717) is 0 Å². The molecule has 3 nitrogen and oxygen atoms in total. The van der Waals surface area contributed by atoms with E-state index in [1.54, 1.807) is 21.3 Å². The molecular formula is C22H46O3Si. The summed E-state index contributed by atoms with van der Waals surface area (Å²) in [5.74, 6) is 0. The Morgan fingerprint density at radius 2 is 0.846 bits per heavy atom. The monoisotopic (exact) mass is 386 g/mol. The molecule has 0 aliphatic rings. The van der Waals surface area contributed by atoms with Gasteiger partial charge >= 0.3 is 8.80 Å². The maximum Gasteiger partial charge on any atom is 0.500 e. The minimum Gasteiger partial charge on any atom is -0.377 e. The van der Waals surface area contributed by atoms with Crippen molar-refractivity contribution in [2.24, 2.45) is 0 Å². The van der Waals surface area contributed by atoms with Crippen molar-refractivity contribution < 1.29 is 13.3 Å². The summed E-state index contributed by atoms with van der Waals surface area (Å²) in [4.78, 5) is 0. The Balaban J connectivity index is 3.21. The molecule has 0 amide bonds. The molecule has 0 rings (SSSR count). The summed E-state index contributed by atoms with van der Waals surface area (Å²) in [7, 11) is 2.76. The lowest BCUT2D eigenvalue weighted by atomic mass is 10.0. The van der Waals surface area contributed by atoms with Crippen molar-refractivity contribution in [3.8, 4) is 0 Å². The SMILES string of the molecule is C=CCCCCCCCCCCCCCCCCC[Si](OC)(OC)OC. The molecule has 0 fully saturated rings. The summed E-state index contributed by atoms with van der Waals surface area (Å²) in [6, 6.07) is 0.935. The Bertz CT molecular complexity index is 285. The topological polar surface area (TPSA) is 27.7 Å². The zero-order valence-corrected chi connectivity index (χ0v) is 19.0. The van der Waals surface area contributed by atoms with Crippen LogP contribution in [0.3, 0.4) is 0 Å². The van der Waals surface area contributed by atoms with Crippen molar-refractivity contribution in [3.63, 3.8) is 0 Å². The molecule has 0 unspecified atom stereocenters. The molecule has 0 heterocycles. The first-order valence-electron chi connectivity index (χ1n) is 11.0. The second-order valence-electron chi connectivity index (χ2n) is 7.43. The lowest BCUT2D eigenvalue weighted by Gasteiger charge is -2.24. The van der Waals surface area contributed by atoms with E-state index in [1.165, 1.54) is 96.3 Å². The molecule has 0 aromatic carbocycles. The minimum absolute atomic E-state index is 0.935. The summed E-state index contributed by atoms with van der Waals surface area (Å²) < 4.78 is 16.4. The number of hydrogen-bond acceptors (Lipinski definition) is 3. The van der Waals surface area contributed by atoms with Crippen LogP contribution in [0.4, 0.5) is 0 Å². The van der Waals surface area contributed by atoms with Crippen molar-refractivity contribution >= 4 is 8.80 Å². The second-order valence-corrected chi connectivity index (χ2v) is 10.5. The van der Waals surface area contributed by atoms with Crippen LogP contribution in [0, 0.1) is 0 Å². The fourth-order valence-corrected chi connectivity index (χ4v) is 5.28. The Morgan fingerprint density at radius 3 is 1.15 bits per heavy atom. The summed E-state index contributed by atoms with van der Waals surface area (Å²) in [5.41, 5.74) is 0. The predicted octanol–water partition coefficient (Wildman–Crippen LogP) is 7.29. The average Bonchev–Trinajstić information content (AvgIpc) is 2.68. The molecule has 0 spiro atoms. The quantitative estimate of drug-likeness (QED) is 0.118. The van der Waals surface area contributed by atoms with Gasteiger partial charge in [-0.3, -0.25) is 0 Å². The number of unbranched alkanes of at least 4 members (excludes halogenated alkanes) is 15. The summed E-state index contributed by atoms with van der Waals surface area (Å²) >= 11 is 0. The van der Waals surface area contributed by atoms with Crippen molar-refractivity contribution in [2.45, 2.75) is 109 Å². The van der Waals surface area contributed by atoms with Crippen molar-refractivity contribution in [2.75, 3.05) is 21.3 Å². The van der Waals surface area contributed by atoms with Crippen LogP contribution >= 0.6 is 0 Å². The van der Waals surface area contributed by atoms with Crippen LogP contribution in [0.2, 0.25) is 6.04 Å². The molecule has 0 bridgehead atoms. The normalized spacial score (nSPS) is 11.8. The van der Waals surface area contributed by atoms with Gasteiger partial charge < -0.3 is 13.3 Å². The van der Waals surface area contributed by atoms with Crippen LogP contribution in [0.15, 0.2) is 12.7 Å². The molecule has 0 aromatic rings. The van der Waals surface area contributed by atoms with E-state index in [-0.39, 0.29) is 0 Å². The fourth-order valence-electron chi connectivity index (χ4n) is 3.48. The van der Waals surface area contributed by atoms with Gasteiger partial charge in [0.25, 0.3) is 0 Å². The van der Waals surface area contributed by atoms with E-state index < -0.39 is 8.80 Å². The number of rotatable bonds is 21. The maximum atomic E-state index is 5.46. The van der Waals surface area contributed by atoms with Gasteiger partial charge in [-0.1, -0.05) is 89.5 Å². The Labute approximate surface area is 165 Å². The Kier molecular flexibility index (Phi) is 19.5. The van der Waals surface area contributed by atoms with E-state index in [4.69, 9.17) is 13.3 Å². The second kappa shape index (κ2) is 19.6. The first kappa shape index (κ1) is 25.8. The van der Waals surface area contributed by atoms with Gasteiger partial charge in [0.1, 0.15) is 0 Å². The van der Waals surface area contributed by atoms with Gasteiger partial charge in [-0.25, -0.2) is 0 Å². The molecule has 156 valence electrons. The van der Waals surface area contributed by atoms with Gasteiger partial charge in [0, 0.05) is 27.4 Å². The highest BCUT2D eigenvalue weighted by atomic mass is 28.4. The van der Waals surface area contributed by atoms with E-state index in [2.05, 4.69) is 6.58 Å². The first-order chi connectivity index (χ1) is 12.7. The van der Waals surface area contributed by atoms with Crippen LogP contribution < -0.4 is 0 Å². The highest BCUT2D eigenvalue weighted by molar-refractivity contribution is 6.60. The summed E-state index contributed by atoms with van der Waals surface area (Å²) in [5, 5.41) is 0. The van der Waals surface area contributed by atoms with Gasteiger partial charge in [0.15, 0.2) is 0 Å². The van der Waals surface area contributed by atoms with Crippen LogP contribution in [-0.4, -0.2) is 30.1 Å². The summed E-state index contributed by atoms with van der Waals surface area (Å²) in [6.07, 6.45) is 23.9. The van der Waals surface area contributed by atoms with E-state index >= 15 is 0 Å². The third-order valence-electron chi connectivity index (χ3n) is 5.32. The van der Waals surface area contributed by atoms with E-state index in [9.17, 15) is 0 Å². The van der Waals surface area contributed by atoms with Crippen molar-refractivity contribution in [1.82, 2.24) is 0 Å². The number of allylic oxidation sites excluding steroid dienone is 1. The zero-order chi connectivity index (χ0) is 19.3.